The summed E-state index contributed by atoms with van der Waals surface area (Å²) in [7, 11) is 0. The lowest BCUT2D eigenvalue weighted by atomic mass is 9.82. The molecule has 4 nitrogen and oxygen atoms in total. The van der Waals surface area contributed by atoms with E-state index in [2.05, 4.69) is 10.6 Å². The van der Waals surface area contributed by atoms with Gasteiger partial charge in [-0.2, -0.15) is 5.48 Å². The minimum Gasteiger partial charge on any atom is -0.411 e. The largest absolute Gasteiger partial charge is 0.411 e. The number of hydroxylamine groups is 1. The van der Waals surface area contributed by atoms with Crippen molar-refractivity contribution in [1.29, 1.82) is 0 Å². The molecule has 1 aliphatic carbocycles. The van der Waals surface area contributed by atoms with E-state index in [4.69, 9.17) is 10.4 Å². The van der Waals surface area contributed by atoms with Crippen molar-refractivity contribution in [3.63, 3.8) is 0 Å². The normalized spacial score (nSPS) is 36.0. The van der Waals surface area contributed by atoms with Gasteiger partial charge >= 0.3 is 0 Å². The summed E-state index contributed by atoms with van der Waals surface area (Å²) >= 11 is 0. The van der Waals surface area contributed by atoms with E-state index in [-0.39, 0.29) is 0 Å². The van der Waals surface area contributed by atoms with Gasteiger partial charge in [0.2, 0.25) is 0 Å². The molecule has 0 bridgehead atoms. The van der Waals surface area contributed by atoms with Crippen LogP contribution in [0.4, 0.5) is 0 Å². The van der Waals surface area contributed by atoms with Crippen molar-refractivity contribution in [2.45, 2.75) is 38.1 Å². The topological polar surface area (TPSA) is 64.8 Å². The molecule has 0 aliphatic heterocycles. The van der Waals surface area contributed by atoms with Gasteiger partial charge in [0.25, 0.3) is 0 Å². The van der Waals surface area contributed by atoms with Gasteiger partial charge in [-0.05, 0) is 26.2 Å². The Hall–Kier alpha value is -0.610. The molecule has 0 amide bonds. The predicted molar refractivity (Wildman–Crippen MR) is 41.0 cm³/mol. The molecule has 0 saturated heterocycles. The number of hydrogen-bond acceptors (Lipinski definition) is 4. The number of nitrogens with zero attached hydrogens (tertiary/aromatic N) is 1. The van der Waals surface area contributed by atoms with Gasteiger partial charge < -0.3 is 10.4 Å². The second-order valence-corrected chi connectivity index (χ2v) is 3.20. The molecule has 3 N–H and O–H groups in total. The average Bonchev–Trinajstić information content (AvgIpc) is 2.05. The second-order valence-electron chi connectivity index (χ2n) is 3.20. The molecule has 0 spiro atoms. The first-order valence-corrected chi connectivity index (χ1v) is 3.85. The van der Waals surface area contributed by atoms with Crippen molar-refractivity contribution in [2.24, 2.45) is 5.16 Å². The van der Waals surface area contributed by atoms with Crippen LogP contribution in [0, 0.1) is 0 Å². The summed E-state index contributed by atoms with van der Waals surface area (Å²) in [5.41, 5.74) is 2.33. The molecule has 0 aromatic rings. The van der Waals surface area contributed by atoms with Crippen LogP contribution in [-0.4, -0.2) is 21.7 Å². The van der Waals surface area contributed by atoms with Gasteiger partial charge in [0.1, 0.15) is 0 Å². The molecule has 1 fully saturated rings. The fourth-order valence-electron chi connectivity index (χ4n) is 1.47. The Morgan fingerprint density at radius 2 is 2.27 bits per heavy atom. The van der Waals surface area contributed by atoms with Crippen LogP contribution in [0.15, 0.2) is 5.16 Å². The van der Waals surface area contributed by atoms with Crippen molar-refractivity contribution in [3.8, 4) is 0 Å². The Balaban J connectivity index is 2.74. The van der Waals surface area contributed by atoms with Crippen molar-refractivity contribution in [3.05, 3.63) is 0 Å². The molecule has 64 valence electrons. The molecule has 1 rings (SSSR count). The molecule has 11 heavy (non-hydrogen) atoms. The van der Waals surface area contributed by atoms with Crippen molar-refractivity contribution in [1.82, 2.24) is 5.48 Å². The summed E-state index contributed by atoms with van der Waals surface area (Å²) in [6.45, 7) is 1.83. The molecule has 1 saturated carbocycles. The Labute approximate surface area is 65.9 Å². The summed E-state index contributed by atoms with van der Waals surface area (Å²) in [5.74, 6) is 0. The summed E-state index contributed by atoms with van der Waals surface area (Å²) in [4.78, 5) is 0. The van der Waals surface area contributed by atoms with E-state index < -0.39 is 5.54 Å². The quantitative estimate of drug-likeness (QED) is 0.396. The molecular formula is C7H14N2O2. The third-order valence-electron chi connectivity index (χ3n) is 2.34. The van der Waals surface area contributed by atoms with Gasteiger partial charge in [-0.1, -0.05) is 11.6 Å². The molecule has 0 radical (unpaired) electrons. The Bertz CT molecular complexity index is 170. The van der Waals surface area contributed by atoms with E-state index in [1.165, 1.54) is 0 Å². The lowest BCUT2D eigenvalue weighted by Crippen LogP contribution is -2.49. The summed E-state index contributed by atoms with van der Waals surface area (Å²) in [6, 6.07) is 0. The third-order valence-corrected chi connectivity index (χ3v) is 2.34. The number of oxime groups is 1. The maximum atomic E-state index is 8.81. The van der Waals surface area contributed by atoms with Gasteiger partial charge in [-0.25, -0.2) is 0 Å². The monoisotopic (exact) mass is 158 g/mol. The van der Waals surface area contributed by atoms with E-state index in [0.717, 1.165) is 25.7 Å². The van der Waals surface area contributed by atoms with Crippen LogP contribution >= 0.6 is 0 Å². The van der Waals surface area contributed by atoms with E-state index in [1.54, 1.807) is 0 Å². The lowest BCUT2D eigenvalue weighted by Gasteiger charge is -2.32. The van der Waals surface area contributed by atoms with Gasteiger partial charge in [0, 0.05) is 0 Å². The van der Waals surface area contributed by atoms with E-state index in [9.17, 15) is 0 Å². The maximum absolute atomic E-state index is 8.81. The highest BCUT2D eigenvalue weighted by molar-refractivity contribution is 5.93. The highest BCUT2D eigenvalue weighted by Gasteiger charge is 2.32. The first-order chi connectivity index (χ1) is 5.23. The lowest BCUT2D eigenvalue weighted by molar-refractivity contribution is 0.0933. The van der Waals surface area contributed by atoms with Crippen molar-refractivity contribution >= 4 is 5.71 Å². The third kappa shape index (κ3) is 1.52. The minimum absolute atomic E-state index is 0.507. The molecular weight excluding hydrogens is 144 g/mol. The van der Waals surface area contributed by atoms with Crippen LogP contribution in [0.2, 0.25) is 0 Å². The van der Waals surface area contributed by atoms with Crippen molar-refractivity contribution < 1.29 is 10.4 Å². The zero-order chi connectivity index (χ0) is 8.32. The van der Waals surface area contributed by atoms with E-state index in [1.807, 2.05) is 6.92 Å². The summed E-state index contributed by atoms with van der Waals surface area (Å²) in [5, 5.41) is 20.6. The minimum atomic E-state index is -0.507. The second kappa shape index (κ2) is 3.19. The van der Waals surface area contributed by atoms with Crippen LogP contribution in [0.1, 0.15) is 32.6 Å². The highest BCUT2D eigenvalue weighted by Crippen LogP contribution is 2.24. The first-order valence-electron chi connectivity index (χ1n) is 3.85. The number of nitrogens with one attached hydrogen (secondary N) is 1. The van der Waals surface area contributed by atoms with Crippen LogP contribution in [-0.2, 0) is 0 Å². The first kappa shape index (κ1) is 8.49. The summed E-state index contributed by atoms with van der Waals surface area (Å²) < 4.78 is 0. The molecule has 1 atom stereocenters. The van der Waals surface area contributed by atoms with Gasteiger partial charge in [-0.3, -0.25) is 0 Å². The molecule has 1 unspecified atom stereocenters. The van der Waals surface area contributed by atoms with E-state index in [0.29, 0.717) is 5.71 Å². The maximum Gasteiger partial charge on any atom is 0.0814 e. The standard InChI is InChI=1S/C7H14N2O2/c1-7(9-11)5-3-2-4-6(7)8-10/h9-11H,2-5H2,1H3. The molecule has 4 heteroatoms. The van der Waals surface area contributed by atoms with E-state index >= 15 is 0 Å². The number of rotatable bonds is 1. The molecule has 1 aliphatic rings. The molecule has 0 aromatic heterocycles. The van der Waals surface area contributed by atoms with Gasteiger partial charge in [0.05, 0.1) is 11.3 Å². The Morgan fingerprint density at radius 3 is 2.73 bits per heavy atom. The Kier molecular flexibility index (Phi) is 2.46. The van der Waals surface area contributed by atoms with Crippen LogP contribution < -0.4 is 5.48 Å². The summed E-state index contributed by atoms with van der Waals surface area (Å²) in [6.07, 6.45) is 3.68. The van der Waals surface area contributed by atoms with Crippen LogP contribution in [0.25, 0.3) is 0 Å². The van der Waals surface area contributed by atoms with Gasteiger partial charge in [-0.15, -0.1) is 0 Å². The smallest absolute Gasteiger partial charge is 0.0814 e. The van der Waals surface area contributed by atoms with Crippen LogP contribution in [0.3, 0.4) is 0 Å². The zero-order valence-corrected chi connectivity index (χ0v) is 6.67. The highest BCUT2D eigenvalue weighted by atomic mass is 16.5. The Morgan fingerprint density at radius 1 is 1.55 bits per heavy atom. The number of hydrogen-bond donors (Lipinski definition) is 3. The van der Waals surface area contributed by atoms with Gasteiger partial charge in [0.15, 0.2) is 0 Å². The predicted octanol–water partition coefficient (Wildman–Crippen LogP) is 1.13. The van der Waals surface area contributed by atoms with Crippen molar-refractivity contribution in [2.75, 3.05) is 0 Å². The average molecular weight is 158 g/mol. The SMILES string of the molecule is CC1(NO)CCCCC1=NO. The molecule has 0 heterocycles. The fraction of sp³-hybridized carbons (Fsp3) is 0.857. The fourth-order valence-corrected chi connectivity index (χ4v) is 1.47. The van der Waals surface area contributed by atoms with Crippen LogP contribution in [0.5, 0.6) is 0 Å². The molecule has 0 aromatic carbocycles. The zero-order valence-electron chi connectivity index (χ0n) is 6.67.